The number of hydrogen-bond acceptors (Lipinski definition) is 5. The molecule has 0 unspecified atom stereocenters. The van der Waals surface area contributed by atoms with E-state index in [4.69, 9.17) is 0 Å². The van der Waals surface area contributed by atoms with E-state index in [9.17, 15) is 14.9 Å². The topological polar surface area (TPSA) is 89.4 Å². The van der Waals surface area contributed by atoms with Crippen molar-refractivity contribution in [3.8, 4) is 5.82 Å². The fourth-order valence-corrected chi connectivity index (χ4v) is 4.06. The number of nitrogens with zero attached hydrogens (tertiary/aromatic N) is 6. The van der Waals surface area contributed by atoms with Crippen LogP contribution in [0.25, 0.3) is 5.82 Å². The van der Waals surface area contributed by atoms with Gasteiger partial charge in [0.25, 0.3) is 11.6 Å². The standard InChI is InChI=1S/C21H24N6O3/c1-15-8-9-16(2)26(15)20-17(14-22-23(20)3)21(28)25-12-10-24(11-13-25)18-6-4-5-7-19(18)27(29)30/h4-9,14H,10-13H2,1-3H3. The zero-order chi connectivity index (χ0) is 21.4. The zero-order valence-corrected chi connectivity index (χ0v) is 17.3. The van der Waals surface area contributed by atoms with Gasteiger partial charge in [-0.15, -0.1) is 0 Å². The molecule has 0 saturated carbocycles. The van der Waals surface area contributed by atoms with Crippen molar-refractivity contribution in [2.45, 2.75) is 13.8 Å². The van der Waals surface area contributed by atoms with Gasteiger partial charge in [0.15, 0.2) is 0 Å². The normalized spacial score (nSPS) is 14.2. The van der Waals surface area contributed by atoms with Crippen LogP contribution in [0.4, 0.5) is 11.4 Å². The van der Waals surface area contributed by atoms with E-state index < -0.39 is 0 Å². The van der Waals surface area contributed by atoms with Crippen LogP contribution in [0.2, 0.25) is 0 Å². The SMILES string of the molecule is Cc1ccc(C)n1-c1c(C(=O)N2CCN(c3ccccc3[N+](=O)[O-])CC2)cnn1C. The third-order valence-corrected chi connectivity index (χ3v) is 5.61. The number of amides is 1. The van der Waals surface area contributed by atoms with Crippen molar-refractivity contribution in [2.24, 2.45) is 7.05 Å². The molecular weight excluding hydrogens is 384 g/mol. The van der Waals surface area contributed by atoms with Crippen LogP contribution in [-0.4, -0.2) is 56.3 Å². The summed E-state index contributed by atoms with van der Waals surface area (Å²) >= 11 is 0. The molecule has 30 heavy (non-hydrogen) atoms. The van der Waals surface area contributed by atoms with Crippen molar-refractivity contribution in [1.29, 1.82) is 0 Å². The quantitative estimate of drug-likeness (QED) is 0.489. The van der Waals surface area contributed by atoms with Crippen LogP contribution in [-0.2, 0) is 7.05 Å². The molecule has 1 aromatic carbocycles. The number of piperazine rings is 1. The average Bonchev–Trinajstić information content (AvgIpc) is 3.28. The van der Waals surface area contributed by atoms with Crippen LogP contribution in [0.5, 0.6) is 0 Å². The van der Waals surface area contributed by atoms with E-state index in [1.807, 2.05) is 42.5 Å². The van der Waals surface area contributed by atoms with Gasteiger partial charge in [-0.1, -0.05) is 12.1 Å². The van der Waals surface area contributed by atoms with E-state index in [0.29, 0.717) is 37.4 Å². The largest absolute Gasteiger partial charge is 0.362 e. The maximum absolute atomic E-state index is 13.3. The van der Waals surface area contributed by atoms with Crippen molar-refractivity contribution < 1.29 is 9.72 Å². The lowest BCUT2D eigenvalue weighted by Crippen LogP contribution is -2.49. The number of nitro benzene ring substituents is 1. The van der Waals surface area contributed by atoms with Crippen molar-refractivity contribution in [1.82, 2.24) is 19.2 Å². The van der Waals surface area contributed by atoms with Crippen molar-refractivity contribution in [3.63, 3.8) is 0 Å². The van der Waals surface area contributed by atoms with Gasteiger partial charge in [-0.2, -0.15) is 5.10 Å². The smallest absolute Gasteiger partial charge is 0.292 e. The molecule has 3 heterocycles. The number of anilines is 1. The number of aryl methyl sites for hydroxylation is 3. The molecule has 2 aromatic heterocycles. The maximum Gasteiger partial charge on any atom is 0.292 e. The number of carbonyl (C=O) groups is 1. The summed E-state index contributed by atoms with van der Waals surface area (Å²) in [5.41, 5.74) is 3.30. The highest BCUT2D eigenvalue weighted by Crippen LogP contribution is 2.29. The third-order valence-electron chi connectivity index (χ3n) is 5.61. The molecule has 9 nitrogen and oxygen atoms in total. The Bertz CT molecular complexity index is 1090. The van der Waals surface area contributed by atoms with Gasteiger partial charge in [0.2, 0.25) is 0 Å². The van der Waals surface area contributed by atoms with Gasteiger partial charge in [-0.05, 0) is 32.0 Å². The molecule has 0 spiro atoms. The second kappa shape index (κ2) is 7.66. The molecule has 1 aliphatic heterocycles. The van der Waals surface area contributed by atoms with E-state index in [0.717, 1.165) is 17.2 Å². The van der Waals surface area contributed by atoms with Crippen LogP contribution in [0.15, 0.2) is 42.6 Å². The van der Waals surface area contributed by atoms with Crippen LogP contribution in [0, 0.1) is 24.0 Å². The highest BCUT2D eigenvalue weighted by atomic mass is 16.6. The minimum Gasteiger partial charge on any atom is -0.362 e. The Morgan fingerprint density at radius 3 is 2.30 bits per heavy atom. The second-order valence-electron chi connectivity index (χ2n) is 7.48. The maximum atomic E-state index is 13.3. The first-order valence-corrected chi connectivity index (χ1v) is 9.83. The summed E-state index contributed by atoms with van der Waals surface area (Å²) in [6.45, 7) is 6.05. The van der Waals surface area contributed by atoms with E-state index in [-0.39, 0.29) is 16.5 Å². The zero-order valence-electron chi connectivity index (χ0n) is 17.3. The molecule has 0 N–H and O–H groups in total. The number of hydrogen-bond donors (Lipinski definition) is 0. The molecule has 9 heteroatoms. The summed E-state index contributed by atoms with van der Waals surface area (Å²) in [5, 5.41) is 15.7. The molecule has 1 fully saturated rings. The Balaban J connectivity index is 1.55. The summed E-state index contributed by atoms with van der Waals surface area (Å²) in [6, 6.07) is 10.8. The number of carbonyl (C=O) groups excluding carboxylic acids is 1. The Hall–Kier alpha value is -3.62. The summed E-state index contributed by atoms with van der Waals surface area (Å²) < 4.78 is 3.75. The lowest BCUT2D eigenvalue weighted by Gasteiger charge is -2.35. The molecule has 0 radical (unpaired) electrons. The second-order valence-corrected chi connectivity index (χ2v) is 7.48. The predicted octanol–water partition coefficient (Wildman–Crippen LogP) is 2.70. The molecule has 0 atom stereocenters. The molecule has 1 aliphatic rings. The van der Waals surface area contributed by atoms with Gasteiger partial charge in [0, 0.05) is 50.7 Å². The predicted molar refractivity (Wildman–Crippen MR) is 113 cm³/mol. The van der Waals surface area contributed by atoms with Crippen LogP contribution in [0.3, 0.4) is 0 Å². The number of para-hydroxylation sites is 2. The number of benzene rings is 1. The van der Waals surface area contributed by atoms with Gasteiger partial charge in [0.05, 0.1) is 11.1 Å². The van der Waals surface area contributed by atoms with Gasteiger partial charge in [-0.3, -0.25) is 19.6 Å². The molecule has 4 rings (SSSR count). The summed E-state index contributed by atoms with van der Waals surface area (Å²) in [7, 11) is 1.83. The number of aromatic nitrogens is 3. The van der Waals surface area contributed by atoms with Crippen LogP contribution in [0.1, 0.15) is 21.7 Å². The fourth-order valence-electron chi connectivity index (χ4n) is 4.06. The Morgan fingerprint density at radius 1 is 1.03 bits per heavy atom. The van der Waals surface area contributed by atoms with Crippen LogP contribution < -0.4 is 4.90 Å². The Kier molecular flexibility index (Phi) is 5.03. The lowest BCUT2D eigenvalue weighted by atomic mass is 10.2. The molecule has 0 aliphatic carbocycles. The van der Waals surface area contributed by atoms with Gasteiger partial charge < -0.3 is 14.4 Å². The first kappa shape index (κ1) is 19.7. The minimum absolute atomic E-state index is 0.0761. The lowest BCUT2D eigenvalue weighted by molar-refractivity contribution is -0.384. The minimum atomic E-state index is -0.365. The highest BCUT2D eigenvalue weighted by Gasteiger charge is 2.29. The molecule has 0 bridgehead atoms. The molecule has 1 saturated heterocycles. The summed E-state index contributed by atoms with van der Waals surface area (Å²) in [6.07, 6.45) is 1.62. The van der Waals surface area contributed by atoms with E-state index >= 15 is 0 Å². The summed E-state index contributed by atoms with van der Waals surface area (Å²) in [5.74, 6) is 0.675. The third kappa shape index (κ3) is 3.32. The highest BCUT2D eigenvalue weighted by molar-refractivity contribution is 5.97. The first-order valence-electron chi connectivity index (χ1n) is 9.83. The number of nitro groups is 1. The molecular formula is C21H24N6O3. The monoisotopic (exact) mass is 408 g/mol. The Labute approximate surface area is 174 Å². The van der Waals surface area contributed by atoms with Crippen molar-refractivity contribution in [3.05, 3.63) is 69.7 Å². The Morgan fingerprint density at radius 2 is 1.67 bits per heavy atom. The van der Waals surface area contributed by atoms with Crippen molar-refractivity contribution >= 4 is 17.3 Å². The molecule has 1 amide bonds. The average molecular weight is 408 g/mol. The van der Waals surface area contributed by atoms with Gasteiger partial charge in [0.1, 0.15) is 17.1 Å². The van der Waals surface area contributed by atoms with E-state index in [2.05, 4.69) is 5.10 Å². The molecule has 3 aromatic rings. The number of rotatable bonds is 4. The first-order chi connectivity index (χ1) is 14.4. The fraction of sp³-hybridized carbons (Fsp3) is 0.333. The van der Waals surface area contributed by atoms with E-state index in [1.54, 1.807) is 34.0 Å². The van der Waals surface area contributed by atoms with Gasteiger partial charge in [-0.25, -0.2) is 0 Å². The van der Waals surface area contributed by atoms with Crippen molar-refractivity contribution in [2.75, 3.05) is 31.1 Å². The summed E-state index contributed by atoms with van der Waals surface area (Å²) in [4.78, 5) is 28.0. The van der Waals surface area contributed by atoms with Crippen LogP contribution >= 0.6 is 0 Å². The van der Waals surface area contributed by atoms with E-state index in [1.165, 1.54) is 6.07 Å². The van der Waals surface area contributed by atoms with Gasteiger partial charge >= 0.3 is 0 Å². The molecule has 156 valence electrons.